The van der Waals surface area contributed by atoms with E-state index in [0.717, 1.165) is 19.4 Å². The van der Waals surface area contributed by atoms with Gasteiger partial charge in [0.05, 0.1) is 11.6 Å². The predicted octanol–water partition coefficient (Wildman–Crippen LogP) is 1.72. The topological polar surface area (TPSA) is 61.4 Å². The summed E-state index contributed by atoms with van der Waals surface area (Å²) < 4.78 is 13.7. The third-order valence-electron chi connectivity index (χ3n) is 4.61. The molecule has 1 aromatic carbocycles. The number of carbonyl (C=O) groups excluding carboxylic acids is 2. The highest BCUT2D eigenvalue weighted by Gasteiger charge is 2.28. The van der Waals surface area contributed by atoms with Crippen LogP contribution in [0.4, 0.5) is 4.39 Å². The lowest BCUT2D eigenvalue weighted by molar-refractivity contribution is -0.123. The normalized spacial score (nSPS) is 21.2. The zero-order valence-electron chi connectivity index (χ0n) is 13.5. The molecule has 1 atom stereocenters. The second-order valence-electron chi connectivity index (χ2n) is 6.20. The molecular formula is C17H23ClFN3O2. The fourth-order valence-corrected chi connectivity index (χ4v) is 3.24. The van der Waals surface area contributed by atoms with E-state index in [0.29, 0.717) is 25.9 Å². The van der Waals surface area contributed by atoms with Gasteiger partial charge in [-0.25, -0.2) is 4.39 Å². The van der Waals surface area contributed by atoms with Gasteiger partial charge in [-0.1, -0.05) is 12.1 Å². The SMILES string of the molecule is Cl.O=C(NC1CCN(C(=O)c2ccccc2F)CC1)C1CCCN1. The van der Waals surface area contributed by atoms with E-state index >= 15 is 0 Å². The Morgan fingerprint density at radius 2 is 1.88 bits per heavy atom. The van der Waals surface area contributed by atoms with Crippen molar-refractivity contribution in [2.75, 3.05) is 19.6 Å². The van der Waals surface area contributed by atoms with E-state index < -0.39 is 5.82 Å². The van der Waals surface area contributed by atoms with Crippen LogP contribution in [0.2, 0.25) is 0 Å². The van der Waals surface area contributed by atoms with Crippen LogP contribution in [0.25, 0.3) is 0 Å². The van der Waals surface area contributed by atoms with Crippen LogP contribution in [0.15, 0.2) is 24.3 Å². The van der Waals surface area contributed by atoms with Gasteiger partial charge in [0.2, 0.25) is 5.91 Å². The largest absolute Gasteiger partial charge is 0.352 e. The average molecular weight is 356 g/mol. The van der Waals surface area contributed by atoms with E-state index in [4.69, 9.17) is 0 Å². The number of piperidine rings is 1. The van der Waals surface area contributed by atoms with E-state index in [2.05, 4.69) is 10.6 Å². The number of hydrogen-bond donors (Lipinski definition) is 2. The molecule has 2 saturated heterocycles. The maximum Gasteiger partial charge on any atom is 0.256 e. The van der Waals surface area contributed by atoms with Gasteiger partial charge in [0.25, 0.3) is 5.91 Å². The van der Waals surface area contributed by atoms with Crippen molar-refractivity contribution in [3.63, 3.8) is 0 Å². The molecule has 0 spiro atoms. The molecular weight excluding hydrogens is 333 g/mol. The minimum Gasteiger partial charge on any atom is -0.352 e. The van der Waals surface area contributed by atoms with Crippen LogP contribution in [0.3, 0.4) is 0 Å². The minimum absolute atomic E-state index is 0. The highest BCUT2D eigenvalue weighted by molar-refractivity contribution is 5.94. The summed E-state index contributed by atoms with van der Waals surface area (Å²) in [6.07, 6.45) is 3.33. The third-order valence-corrected chi connectivity index (χ3v) is 4.61. The van der Waals surface area contributed by atoms with Crippen molar-refractivity contribution in [1.82, 2.24) is 15.5 Å². The number of likely N-dealkylation sites (tertiary alicyclic amines) is 1. The summed E-state index contributed by atoms with van der Waals surface area (Å²) in [7, 11) is 0. The molecule has 0 saturated carbocycles. The molecule has 2 fully saturated rings. The van der Waals surface area contributed by atoms with Crippen LogP contribution in [0.1, 0.15) is 36.0 Å². The quantitative estimate of drug-likeness (QED) is 0.868. The summed E-state index contributed by atoms with van der Waals surface area (Å²) >= 11 is 0. The number of halogens is 2. The summed E-state index contributed by atoms with van der Waals surface area (Å²) in [5, 5.41) is 6.24. The Balaban J connectivity index is 0.00000208. The molecule has 0 aliphatic carbocycles. The number of rotatable bonds is 3. The Bertz CT molecular complexity index is 585. The third kappa shape index (κ3) is 4.24. The molecule has 2 heterocycles. The van der Waals surface area contributed by atoms with Crippen LogP contribution >= 0.6 is 12.4 Å². The summed E-state index contributed by atoms with van der Waals surface area (Å²) in [6, 6.07) is 6.07. The van der Waals surface area contributed by atoms with E-state index in [1.807, 2.05) is 0 Å². The van der Waals surface area contributed by atoms with Gasteiger partial charge in [-0.2, -0.15) is 0 Å². The first-order chi connectivity index (χ1) is 11.1. The van der Waals surface area contributed by atoms with Crippen LogP contribution in [-0.4, -0.2) is 48.4 Å². The molecule has 0 bridgehead atoms. The van der Waals surface area contributed by atoms with Gasteiger partial charge in [-0.3, -0.25) is 9.59 Å². The lowest BCUT2D eigenvalue weighted by Gasteiger charge is -2.33. The van der Waals surface area contributed by atoms with Crippen molar-refractivity contribution in [2.45, 2.75) is 37.8 Å². The summed E-state index contributed by atoms with van der Waals surface area (Å²) in [5.74, 6) is -0.702. The van der Waals surface area contributed by atoms with Crippen molar-refractivity contribution in [3.05, 3.63) is 35.6 Å². The number of amides is 2. The van der Waals surface area contributed by atoms with Crippen molar-refractivity contribution in [3.8, 4) is 0 Å². The molecule has 24 heavy (non-hydrogen) atoms. The second-order valence-corrected chi connectivity index (χ2v) is 6.20. The van der Waals surface area contributed by atoms with Gasteiger partial charge in [0.15, 0.2) is 0 Å². The maximum absolute atomic E-state index is 13.7. The van der Waals surface area contributed by atoms with Gasteiger partial charge in [-0.15, -0.1) is 12.4 Å². The lowest BCUT2D eigenvalue weighted by atomic mass is 10.0. The van der Waals surface area contributed by atoms with Gasteiger partial charge in [-0.05, 0) is 44.4 Å². The van der Waals surface area contributed by atoms with Gasteiger partial charge in [0, 0.05) is 19.1 Å². The molecule has 1 aromatic rings. The molecule has 2 N–H and O–H groups in total. The highest BCUT2D eigenvalue weighted by Crippen LogP contribution is 2.16. The Hall–Kier alpha value is -1.66. The molecule has 1 unspecified atom stereocenters. The monoisotopic (exact) mass is 355 g/mol. The van der Waals surface area contributed by atoms with Gasteiger partial charge in [0.1, 0.15) is 5.82 Å². The van der Waals surface area contributed by atoms with Crippen molar-refractivity contribution >= 4 is 24.2 Å². The molecule has 2 aliphatic heterocycles. The van der Waals surface area contributed by atoms with Crippen LogP contribution in [0.5, 0.6) is 0 Å². The van der Waals surface area contributed by atoms with Crippen LogP contribution in [0, 0.1) is 5.82 Å². The number of nitrogens with one attached hydrogen (secondary N) is 2. The molecule has 7 heteroatoms. The van der Waals surface area contributed by atoms with E-state index in [1.54, 1.807) is 17.0 Å². The molecule has 132 valence electrons. The predicted molar refractivity (Wildman–Crippen MR) is 91.7 cm³/mol. The number of benzene rings is 1. The lowest BCUT2D eigenvalue weighted by Crippen LogP contribution is -2.50. The summed E-state index contributed by atoms with van der Waals surface area (Å²) in [5.41, 5.74) is 0.116. The fraction of sp³-hybridized carbons (Fsp3) is 0.529. The Labute approximate surface area is 147 Å². The Morgan fingerprint density at radius 3 is 2.50 bits per heavy atom. The first-order valence-corrected chi connectivity index (χ1v) is 8.22. The highest BCUT2D eigenvalue weighted by atomic mass is 35.5. The van der Waals surface area contributed by atoms with Crippen molar-refractivity contribution in [2.24, 2.45) is 0 Å². The smallest absolute Gasteiger partial charge is 0.256 e. The second kappa shape index (κ2) is 8.44. The van der Waals surface area contributed by atoms with Crippen LogP contribution in [-0.2, 0) is 4.79 Å². The van der Waals surface area contributed by atoms with E-state index in [-0.39, 0.29) is 41.9 Å². The zero-order valence-corrected chi connectivity index (χ0v) is 14.3. The fourth-order valence-electron chi connectivity index (χ4n) is 3.24. The molecule has 3 rings (SSSR count). The standard InChI is InChI=1S/C17H22FN3O2.ClH/c18-14-5-2-1-4-13(14)17(23)21-10-7-12(8-11-21)20-16(22)15-6-3-9-19-15;/h1-2,4-5,12,15,19H,3,6-11H2,(H,20,22);1H. The summed E-state index contributed by atoms with van der Waals surface area (Å²) in [4.78, 5) is 26.1. The van der Waals surface area contributed by atoms with Crippen molar-refractivity contribution in [1.29, 1.82) is 0 Å². The first kappa shape index (κ1) is 18.7. The number of nitrogens with zero attached hydrogens (tertiary/aromatic N) is 1. The molecule has 2 amide bonds. The molecule has 5 nitrogen and oxygen atoms in total. The number of hydrogen-bond acceptors (Lipinski definition) is 3. The maximum atomic E-state index is 13.7. The van der Waals surface area contributed by atoms with Gasteiger partial charge < -0.3 is 15.5 Å². The molecule has 0 radical (unpaired) electrons. The van der Waals surface area contributed by atoms with E-state index in [1.165, 1.54) is 12.1 Å². The zero-order chi connectivity index (χ0) is 16.2. The average Bonchev–Trinajstić information content (AvgIpc) is 3.10. The van der Waals surface area contributed by atoms with Gasteiger partial charge >= 0.3 is 0 Å². The van der Waals surface area contributed by atoms with Crippen LogP contribution < -0.4 is 10.6 Å². The molecule has 0 aromatic heterocycles. The Morgan fingerprint density at radius 1 is 1.17 bits per heavy atom. The number of carbonyl (C=O) groups is 2. The van der Waals surface area contributed by atoms with E-state index in [9.17, 15) is 14.0 Å². The first-order valence-electron chi connectivity index (χ1n) is 8.22. The summed E-state index contributed by atoms with van der Waals surface area (Å²) in [6.45, 7) is 1.97. The Kier molecular flexibility index (Phi) is 6.57. The molecule has 2 aliphatic rings. The van der Waals surface area contributed by atoms with Crippen molar-refractivity contribution < 1.29 is 14.0 Å². The minimum atomic E-state index is -0.486.